The Hall–Kier alpha value is -1.30. The minimum absolute atomic E-state index is 0.323. The summed E-state index contributed by atoms with van der Waals surface area (Å²) >= 11 is 0. The summed E-state index contributed by atoms with van der Waals surface area (Å²) in [5.41, 5.74) is 0.976. The Morgan fingerprint density at radius 3 is 2.69 bits per heavy atom. The van der Waals surface area contributed by atoms with Crippen LogP contribution in [-0.4, -0.2) is 12.6 Å². The van der Waals surface area contributed by atoms with Crippen LogP contribution in [0.4, 0.5) is 0 Å². The van der Waals surface area contributed by atoms with Gasteiger partial charge in [-0.3, -0.25) is 4.79 Å². The molecule has 0 bridgehead atoms. The van der Waals surface area contributed by atoms with Gasteiger partial charge in [0.15, 0.2) is 0 Å². The van der Waals surface area contributed by atoms with Crippen LogP contribution >= 0.6 is 0 Å². The quantitative estimate of drug-likeness (QED) is 0.481. The summed E-state index contributed by atoms with van der Waals surface area (Å²) in [6.45, 7) is 7.63. The summed E-state index contributed by atoms with van der Waals surface area (Å²) in [6, 6.07) is 1.93. The Kier molecular flexibility index (Phi) is 5.62. The molecule has 0 spiro atoms. The zero-order valence-electron chi connectivity index (χ0n) is 8.17. The number of rotatable bonds is 5. The van der Waals surface area contributed by atoms with Gasteiger partial charge in [-0.15, -0.1) is 6.58 Å². The second kappa shape index (κ2) is 6.24. The molecule has 0 saturated heterocycles. The molecule has 0 aliphatic carbocycles. The van der Waals surface area contributed by atoms with E-state index in [0.717, 1.165) is 5.57 Å². The molecule has 1 unspecified atom stereocenters. The molecule has 0 aromatic carbocycles. The first-order valence-electron chi connectivity index (χ1n) is 4.32. The first-order chi connectivity index (χ1) is 6.11. The van der Waals surface area contributed by atoms with Crippen LogP contribution in [0, 0.1) is 17.2 Å². The van der Waals surface area contributed by atoms with Gasteiger partial charge in [0.25, 0.3) is 0 Å². The highest BCUT2D eigenvalue weighted by Crippen LogP contribution is 2.11. The van der Waals surface area contributed by atoms with Crippen molar-refractivity contribution in [2.75, 3.05) is 6.61 Å². The van der Waals surface area contributed by atoms with Gasteiger partial charge in [0, 0.05) is 0 Å². The highest BCUT2D eigenvalue weighted by atomic mass is 16.5. The van der Waals surface area contributed by atoms with Crippen LogP contribution in [0.15, 0.2) is 12.2 Å². The standard InChI is InChI=1S/C10H15NO2/c1-4-13-10(12)9(7-11)6-5-8(2)3/h9H,2,4-6H2,1,3H3. The molecule has 13 heavy (non-hydrogen) atoms. The van der Waals surface area contributed by atoms with Crippen molar-refractivity contribution < 1.29 is 9.53 Å². The molecule has 0 radical (unpaired) electrons. The number of nitriles is 1. The molecule has 1 atom stereocenters. The van der Waals surface area contributed by atoms with Crippen LogP contribution in [0.25, 0.3) is 0 Å². The third-order valence-electron chi connectivity index (χ3n) is 1.59. The Bertz CT molecular complexity index is 228. The minimum Gasteiger partial charge on any atom is -0.465 e. The number of ether oxygens (including phenoxy) is 1. The maximum absolute atomic E-state index is 11.1. The van der Waals surface area contributed by atoms with Crippen LogP contribution in [0.1, 0.15) is 26.7 Å². The second-order valence-electron chi connectivity index (χ2n) is 2.93. The summed E-state index contributed by atoms with van der Waals surface area (Å²) in [6.07, 6.45) is 1.20. The average molecular weight is 181 g/mol. The van der Waals surface area contributed by atoms with Gasteiger partial charge in [-0.05, 0) is 26.7 Å². The van der Waals surface area contributed by atoms with Crippen LogP contribution in [0.3, 0.4) is 0 Å². The highest BCUT2D eigenvalue weighted by Gasteiger charge is 2.18. The lowest BCUT2D eigenvalue weighted by Crippen LogP contribution is -2.16. The molecule has 0 rings (SSSR count). The molecule has 0 heterocycles. The number of nitrogens with zero attached hydrogens (tertiary/aromatic N) is 1. The summed E-state index contributed by atoms with van der Waals surface area (Å²) in [4.78, 5) is 11.1. The number of hydrogen-bond donors (Lipinski definition) is 0. The van der Waals surface area contributed by atoms with Crippen molar-refractivity contribution in [3.63, 3.8) is 0 Å². The lowest BCUT2D eigenvalue weighted by atomic mass is 10.0. The summed E-state index contributed by atoms with van der Waals surface area (Å²) in [5, 5.41) is 8.66. The van der Waals surface area contributed by atoms with Crippen molar-refractivity contribution in [1.29, 1.82) is 5.26 Å². The maximum Gasteiger partial charge on any atom is 0.323 e. The highest BCUT2D eigenvalue weighted by molar-refractivity contribution is 5.75. The molecule has 0 aliphatic heterocycles. The topological polar surface area (TPSA) is 50.1 Å². The maximum atomic E-state index is 11.1. The fourth-order valence-electron chi connectivity index (χ4n) is 0.869. The average Bonchev–Trinajstić information content (AvgIpc) is 2.05. The van der Waals surface area contributed by atoms with Crippen LogP contribution < -0.4 is 0 Å². The molecule has 0 amide bonds. The van der Waals surface area contributed by atoms with E-state index in [9.17, 15) is 4.79 Å². The van der Waals surface area contributed by atoms with E-state index in [1.54, 1.807) is 6.92 Å². The predicted molar refractivity (Wildman–Crippen MR) is 49.8 cm³/mol. The number of allylic oxidation sites excluding steroid dienone is 1. The smallest absolute Gasteiger partial charge is 0.323 e. The molecule has 0 aliphatic rings. The summed E-state index contributed by atoms with van der Waals surface area (Å²) < 4.78 is 4.74. The van der Waals surface area contributed by atoms with Crippen molar-refractivity contribution in [3.05, 3.63) is 12.2 Å². The first kappa shape index (κ1) is 11.7. The van der Waals surface area contributed by atoms with E-state index in [1.807, 2.05) is 13.0 Å². The van der Waals surface area contributed by atoms with Crippen molar-refractivity contribution in [3.8, 4) is 6.07 Å². The molecule has 0 aromatic rings. The zero-order chi connectivity index (χ0) is 10.3. The van der Waals surface area contributed by atoms with Crippen molar-refractivity contribution in [2.24, 2.45) is 5.92 Å². The van der Waals surface area contributed by atoms with Crippen molar-refractivity contribution in [2.45, 2.75) is 26.7 Å². The van der Waals surface area contributed by atoms with Crippen LogP contribution in [0.2, 0.25) is 0 Å². The van der Waals surface area contributed by atoms with Gasteiger partial charge in [-0.25, -0.2) is 0 Å². The number of carbonyl (C=O) groups excluding carboxylic acids is 1. The van der Waals surface area contributed by atoms with Gasteiger partial charge in [0.05, 0.1) is 12.7 Å². The molecule has 0 N–H and O–H groups in total. The van der Waals surface area contributed by atoms with Crippen molar-refractivity contribution in [1.82, 2.24) is 0 Å². The normalized spacial score (nSPS) is 11.5. The molecule has 3 heteroatoms. The van der Waals surface area contributed by atoms with Gasteiger partial charge in [-0.1, -0.05) is 5.57 Å². The first-order valence-corrected chi connectivity index (χ1v) is 4.32. The van der Waals surface area contributed by atoms with E-state index in [-0.39, 0.29) is 0 Å². The fourth-order valence-corrected chi connectivity index (χ4v) is 0.869. The van der Waals surface area contributed by atoms with Gasteiger partial charge in [-0.2, -0.15) is 5.26 Å². The van der Waals surface area contributed by atoms with E-state index in [4.69, 9.17) is 10.00 Å². The lowest BCUT2D eigenvalue weighted by molar-refractivity contribution is -0.146. The molecule has 0 saturated carbocycles. The van der Waals surface area contributed by atoms with Gasteiger partial charge in [0.1, 0.15) is 5.92 Å². The van der Waals surface area contributed by atoms with E-state index in [0.29, 0.717) is 19.4 Å². The predicted octanol–water partition coefficient (Wildman–Crippen LogP) is 2.05. The zero-order valence-corrected chi connectivity index (χ0v) is 8.17. The number of esters is 1. The molecular weight excluding hydrogens is 166 g/mol. The summed E-state index contributed by atoms with van der Waals surface area (Å²) in [7, 11) is 0. The molecule has 3 nitrogen and oxygen atoms in total. The second-order valence-corrected chi connectivity index (χ2v) is 2.93. The molecular formula is C10H15NO2. The molecule has 72 valence electrons. The summed E-state index contributed by atoms with van der Waals surface area (Å²) in [5.74, 6) is -1.07. The SMILES string of the molecule is C=C(C)CCC(C#N)C(=O)OCC. The van der Waals surface area contributed by atoms with Gasteiger partial charge >= 0.3 is 5.97 Å². The van der Waals surface area contributed by atoms with Crippen LogP contribution in [0.5, 0.6) is 0 Å². The Morgan fingerprint density at radius 2 is 2.31 bits per heavy atom. The minimum atomic E-state index is -0.642. The molecule has 0 fully saturated rings. The fraction of sp³-hybridized carbons (Fsp3) is 0.600. The number of carbonyl (C=O) groups is 1. The Balaban J connectivity index is 3.97. The Morgan fingerprint density at radius 1 is 1.69 bits per heavy atom. The van der Waals surface area contributed by atoms with Gasteiger partial charge in [0.2, 0.25) is 0 Å². The van der Waals surface area contributed by atoms with E-state index in [2.05, 4.69) is 6.58 Å². The van der Waals surface area contributed by atoms with E-state index < -0.39 is 11.9 Å². The van der Waals surface area contributed by atoms with Gasteiger partial charge < -0.3 is 4.74 Å². The third-order valence-corrected chi connectivity index (χ3v) is 1.59. The van der Waals surface area contributed by atoms with Crippen LogP contribution in [-0.2, 0) is 9.53 Å². The molecule has 0 aromatic heterocycles. The number of hydrogen-bond acceptors (Lipinski definition) is 3. The van der Waals surface area contributed by atoms with Crippen molar-refractivity contribution >= 4 is 5.97 Å². The van der Waals surface area contributed by atoms with E-state index >= 15 is 0 Å². The lowest BCUT2D eigenvalue weighted by Gasteiger charge is -2.07. The van der Waals surface area contributed by atoms with E-state index in [1.165, 1.54) is 0 Å². The largest absolute Gasteiger partial charge is 0.465 e. The Labute approximate surface area is 79.0 Å². The monoisotopic (exact) mass is 181 g/mol. The third kappa shape index (κ3) is 5.02.